The summed E-state index contributed by atoms with van der Waals surface area (Å²) in [6.45, 7) is 14.8. The van der Waals surface area contributed by atoms with Gasteiger partial charge in [-0.15, -0.1) is 24.0 Å². The lowest BCUT2D eigenvalue weighted by atomic mass is 9.79. The number of halogens is 1. The van der Waals surface area contributed by atoms with Crippen LogP contribution in [0.15, 0.2) is 35.3 Å². The smallest absolute Gasteiger partial charge is 0.193 e. The van der Waals surface area contributed by atoms with Gasteiger partial charge in [-0.05, 0) is 30.4 Å². The number of likely N-dealkylation sites (N-methyl/N-ethyl adjacent to an activating group) is 1. The highest BCUT2D eigenvalue weighted by molar-refractivity contribution is 14.0. The molecule has 2 aliphatic heterocycles. The molecule has 6 heteroatoms. The number of nitrogens with one attached hydrogen (secondary N) is 1. The number of benzene rings is 1. The summed E-state index contributed by atoms with van der Waals surface area (Å²) in [5.41, 5.74) is 1.50. The number of nitrogens with zero attached hydrogens (tertiary/aromatic N) is 4. The Balaban J connectivity index is 0.00000300. The van der Waals surface area contributed by atoms with Gasteiger partial charge in [-0.25, -0.2) is 0 Å². The lowest BCUT2D eigenvalue weighted by Gasteiger charge is -2.40. The van der Waals surface area contributed by atoms with Crippen LogP contribution in [0.2, 0.25) is 0 Å². The Morgan fingerprint density at radius 3 is 2.34 bits per heavy atom. The lowest BCUT2D eigenvalue weighted by molar-refractivity contribution is 0.138. The molecule has 0 spiro atoms. The lowest BCUT2D eigenvalue weighted by Crippen LogP contribution is -2.51. The van der Waals surface area contributed by atoms with Crippen LogP contribution in [0, 0.1) is 5.92 Å². The Kier molecular flexibility index (Phi) is 10.7. The highest BCUT2D eigenvalue weighted by Crippen LogP contribution is 2.34. The number of hydrogen-bond acceptors (Lipinski definition) is 3. The van der Waals surface area contributed by atoms with E-state index in [9.17, 15) is 0 Å². The second kappa shape index (κ2) is 12.7. The van der Waals surface area contributed by atoms with Gasteiger partial charge in [-0.1, -0.05) is 50.6 Å². The van der Waals surface area contributed by atoms with E-state index in [-0.39, 0.29) is 24.0 Å². The van der Waals surface area contributed by atoms with E-state index in [0.29, 0.717) is 11.8 Å². The fourth-order valence-corrected chi connectivity index (χ4v) is 4.76. The largest absolute Gasteiger partial charge is 0.355 e. The van der Waals surface area contributed by atoms with E-state index in [2.05, 4.69) is 69.2 Å². The summed E-state index contributed by atoms with van der Waals surface area (Å²) in [6, 6.07) is 11.1. The van der Waals surface area contributed by atoms with Gasteiger partial charge in [0.25, 0.3) is 0 Å². The molecule has 0 saturated carbocycles. The van der Waals surface area contributed by atoms with Gasteiger partial charge in [0.2, 0.25) is 0 Å². The van der Waals surface area contributed by atoms with E-state index >= 15 is 0 Å². The van der Waals surface area contributed by atoms with Crippen LogP contribution in [-0.4, -0.2) is 86.6 Å². The third-order valence-corrected chi connectivity index (χ3v) is 6.62. The first kappa shape index (κ1) is 24.4. The number of hydrogen-bond donors (Lipinski definition) is 1. The Morgan fingerprint density at radius 2 is 1.72 bits per heavy atom. The van der Waals surface area contributed by atoms with Crippen LogP contribution in [0.1, 0.15) is 38.2 Å². The van der Waals surface area contributed by atoms with Crippen molar-refractivity contribution in [1.82, 2.24) is 20.0 Å². The molecule has 1 aromatic rings. The molecule has 1 N–H and O–H groups in total. The fourth-order valence-electron chi connectivity index (χ4n) is 4.76. The molecule has 2 aliphatic rings. The van der Waals surface area contributed by atoms with Crippen LogP contribution in [0.25, 0.3) is 0 Å². The summed E-state index contributed by atoms with van der Waals surface area (Å²) in [5.74, 6) is 2.45. The van der Waals surface area contributed by atoms with Gasteiger partial charge < -0.3 is 15.1 Å². The van der Waals surface area contributed by atoms with Crippen molar-refractivity contribution in [3.05, 3.63) is 35.9 Å². The topological polar surface area (TPSA) is 34.1 Å². The number of rotatable bonds is 6. The molecule has 2 unspecified atom stereocenters. The Hall–Kier alpha value is -0.860. The molecule has 2 fully saturated rings. The molecule has 164 valence electrons. The Morgan fingerprint density at radius 1 is 1.03 bits per heavy atom. The van der Waals surface area contributed by atoms with Gasteiger partial charge in [0.1, 0.15) is 0 Å². The minimum Gasteiger partial charge on any atom is -0.355 e. The Labute approximate surface area is 194 Å². The first-order chi connectivity index (χ1) is 13.7. The number of guanidine groups is 1. The normalized spacial score (nSPS) is 24.2. The number of piperazine rings is 1. The molecule has 3 rings (SSSR count). The van der Waals surface area contributed by atoms with Crippen LogP contribution >= 0.6 is 24.0 Å². The first-order valence-corrected chi connectivity index (χ1v) is 11.2. The van der Waals surface area contributed by atoms with Gasteiger partial charge in [0.15, 0.2) is 5.96 Å². The van der Waals surface area contributed by atoms with Crippen LogP contribution in [0.3, 0.4) is 0 Å². The van der Waals surface area contributed by atoms with Gasteiger partial charge in [-0.3, -0.25) is 9.89 Å². The van der Waals surface area contributed by atoms with E-state index in [1.807, 2.05) is 7.05 Å². The van der Waals surface area contributed by atoms with Crippen molar-refractivity contribution < 1.29 is 0 Å². The number of aliphatic imine (C=N–C) groups is 1. The molecular weight excluding hydrogens is 473 g/mol. The first-order valence-electron chi connectivity index (χ1n) is 11.2. The third-order valence-electron chi connectivity index (χ3n) is 6.62. The van der Waals surface area contributed by atoms with Crippen molar-refractivity contribution in [3.63, 3.8) is 0 Å². The molecule has 2 saturated heterocycles. The zero-order valence-corrected chi connectivity index (χ0v) is 20.8. The van der Waals surface area contributed by atoms with E-state index in [1.165, 1.54) is 51.1 Å². The minimum absolute atomic E-state index is 0. The van der Waals surface area contributed by atoms with Crippen LogP contribution in [0.5, 0.6) is 0 Å². The van der Waals surface area contributed by atoms with E-state index in [0.717, 1.165) is 32.1 Å². The standard InChI is InChI=1S/C23H39N5.HI/c1-4-20-19-28(13-11-22(20)21-9-7-6-8-10-21)23(24-3)25-12-14-27-17-15-26(5-2)16-18-27;/h6-10,20,22H,4-5,11-19H2,1-3H3,(H,24,25);1H. The summed E-state index contributed by atoms with van der Waals surface area (Å²) < 4.78 is 0. The van der Waals surface area contributed by atoms with E-state index < -0.39 is 0 Å². The Bertz CT molecular complexity index is 601. The zero-order valence-electron chi connectivity index (χ0n) is 18.5. The van der Waals surface area contributed by atoms with Crippen molar-refractivity contribution >= 4 is 29.9 Å². The fraction of sp³-hybridized carbons (Fsp3) is 0.696. The van der Waals surface area contributed by atoms with Crippen LogP contribution in [0.4, 0.5) is 0 Å². The van der Waals surface area contributed by atoms with Crippen LogP contribution in [-0.2, 0) is 0 Å². The molecule has 2 heterocycles. The predicted octanol–water partition coefficient (Wildman–Crippen LogP) is 3.33. The maximum atomic E-state index is 4.59. The molecule has 0 radical (unpaired) electrons. The molecule has 0 aliphatic carbocycles. The highest BCUT2D eigenvalue weighted by atomic mass is 127. The monoisotopic (exact) mass is 513 g/mol. The number of piperidine rings is 1. The quantitative estimate of drug-likeness (QED) is 0.360. The number of likely N-dealkylation sites (tertiary alicyclic amines) is 1. The summed E-state index contributed by atoms with van der Waals surface area (Å²) in [5, 5.41) is 3.63. The second-order valence-corrected chi connectivity index (χ2v) is 8.17. The van der Waals surface area contributed by atoms with Crippen molar-refractivity contribution in [1.29, 1.82) is 0 Å². The molecule has 1 aromatic carbocycles. The van der Waals surface area contributed by atoms with E-state index in [4.69, 9.17) is 0 Å². The van der Waals surface area contributed by atoms with Crippen LogP contribution < -0.4 is 5.32 Å². The SMILES string of the molecule is CCC1CN(C(=NC)NCCN2CCN(CC)CC2)CCC1c1ccccc1.I. The molecule has 0 amide bonds. The zero-order chi connectivity index (χ0) is 19.8. The average molecular weight is 514 g/mol. The molecule has 2 atom stereocenters. The maximum absolute atomic E-state index is 4.59. The van der Waals surface area contributed by atoms with E-state index in [1.54, 1.807) is 0 Å². The minimum atomic E-state index is 0. The van der Waals surface area contributed by atoms with Crippen molar-refractivity contribution in [2.75, 3.05) is 66.0 Å². The highest BCUT2D eigenvalue weighted by Gasteiger charge is 2.30. The summed E-state index contributed by atoms with van der Waals surface area (Å²) in [4.78, 5) is 12.2. The van der Waals surface area contributed by atoms with Crippen molar-refractivity contribution in [2.24, 2.45) is 10.9 Å². The van der Waals surface area contributed by atoms with Crippen molar-refractivity contribution in [3.8, 4) is 0 Å². The summed E-state index contributed by atoms with van der Waals surface area (Å²) in [7, 11) is 1.92. The third kappa shape index (κ3) is 6.82. The molecule has 0 bridgehead atoms. The van der Waals surface area contributed by atoms with Gasteiger partial charge in [-0.2, -0.15) is 0 Å². The van der Waals surface area contributed by atoms with Gasteiger partial charge >= 0.3 is 0 Å². The second-order valence-electron chi connectivity index (χ2n) is 8.17. The maximum Gasteiger partial charge on any atom is 0.193 e. The summed E-state index contributed by atoms with van der Waals surface area (Å²) >= 11 is 0. The molecular formula is C23H40IN5. The molecule has 0 aromatic heterocycles. The molecule has 5 nitrogen and oxygen atoms in total. The summed E-state index contributed by atoms with van der Waals surface area (Å²) in [6.07, 6.45) is 2.43. The van der Waals surface area contributed by atoms with Crippen molar-refractivity contribution in [2.45, 2.75) is 32.6 Å². The molecule has 29 heavy (non-hydrogen) atoms. The average Bonchev–Trinajstić information content (AvgIpc) is 2.77. The van der Waals surface area contributed by atoms with Gasteiger partial charge in [0, 0.05) is 59.4 Å². The predicted molar refractivity (Wildman–Crippen MR) is 134 cm³/mol. The van der Waals surface area contributed by atoms with Gasteiger partial charge in [0.05, 0.1) is 0 Å².